The second-order valence-electron chi connectivity index (χ2n) is 7.32. The lowest BCUT2D eigenvalue weighted by Crippen LogP contribution is -2.33. The number of carbonyl (C=O) groups excluding carboxylic acids is 1. The summed E-state index contributed by atoms with van der Waals surface area (Å²) in [6.45, 7) is 8.82. The molecule has 3 rings (SSSR count). The van der Waals surface area contributed by atoms with Crippen molar-refractivity contribution in [3.8, 4) is 17.5 Å². The van der Waals surface area contributed by atoms with E-state index in [1.165, 1.54) is 11.8 Å². The topological polar surface area (TPSA) is 84.0 Å². The first-order valence-corrected chi connectivity index (χ1v) is 11.5. The van der Waals surface area contributed by atoms with E-state index in [1.807, 2.05) is 56.5 Å². The molecule has 166 valence electrons. The van der Waals surface area contributed by atoms with Crippen LogP contribution in [0.1, 0.15) is 30.3 Å². The largest absolute Gasteiger partial charge is 0.494 e. The minimum absolute atomic E-state index is 0.0948. The number of thioether (sulfide) groups is 1. The van der Waals surface area contributed by atoms with Crippen LogP contribution in [0.5, 0.6) is 5.75 Å². The number of aromatic nitrogens is 3. The summed E-state index contributed by atoms with van der Waals surface area (Å²) >= 11 is 1.34. The Morgan fingerprint density at radius 2 is 1.91 bits per heavy atom. The Labute approximate surface area is 193 Å². The normalized spacial score (nSPS) is 10.6. The van der Waals surface area contributed by atoms with Crippen LogP contribution in [0.2, 0.25) is 0 Å². The van der Waals surface area contributed by atoms with E-state index in [-0.39, 0.29) is 18.1 Å². The van der Waals surface area contributed by atoms with E-state index < -0.39 is 0 Å². The number of amides is 1. The molecule has 0 spiro atoms. The molecule has 0 bridgehead atoms. The number of ether oxygens (including phenoxy) is 1. The molecule has 0 aliphatic heterocycles. The number of carbonyl (C=O) groups is 1. The van der Waals surface area contributed by atoms with Crippen molar-refractivity contribution >= 4 is 23.4 Å². The maximum Gasteiger partial charge on any atom is 0.237 e. The molecule has 8 heteroatoms. The quantitative estimate of drug-likeness (QED) is 0.443. The summed E-state index contributed by atoms with van der Waals surface area (Å²) in [6, 6.07) is 15.7. The standard InChI is InChI=1S/C24H27N5O2S/c1-5-31-21-11-9-20(10-12-21)28(14-6-13-25)23(30)16-32-24-27-26-19(4)29(24)22-15-17(2)7-8-18(22)3/h7-12,15H,5-6,14,16H2,1-4H3. The predicted octanol–water partition coefficient (Wildman–Crippen LogP) is 4.63. The van der Waals surface area contributed by atoms with Crippen molar-refractivity contribution < 1.29 is 9.53 Å². The predicted molar refractivity (Wildman–Crippen MR) is 126 cm³/mol. The minimum Gasteiger partial charge on any atom is -0.494 e. The Morgan fingerprint density at radius 1 is 1.16 bits per heavy atom. The maximum absolute atomic E-state index is 13.1. The van der Waals surface area contributed by atoms with Gasteiger partial charge in [0.25, 0.3) is 0 Å². The molecular weight excluding hydrogens is 422 g/mol. The molecule has 32 heavy (non-hydrogen) atoms. The highest BCUT2D eigenvalue weighted by Gasteiger charge is 2.19. The number of hydrogen-bond donors (Lipinski definition) is 0. The third kappa shape index (κ3) is 5.48. The lowest BCUT2D eigenvalue weighted by Gasteiger charge is -2.22. The van der Waals surface area contributed by atoms with Gasteiger partial charge in [0.05, 0.1) is 30.5 Å². The van der Waals surface area contributed by atoms with Gasteiger partial charge < -0.3 is 9.64 Å². The van der Waals surface area contributed by atoms with Crippen molar-refractivity contribution in [2.75, 3.05) is 23.8 Å². The van der Waals surface area contributed by atoms with Crippen LogP contribution in [-0.4, -0.2) is 39.6 Å². The second-order valence-corrected chi connectivity index (χ2v) is 8.27. The fourth-order valence-electron chi connectivity index (χ4n) is 3.33. The third-order valence-electron chi connectivity index (χ3n) is 4.93. The molecule has 0 aliphatic carbocycles. The molecule has 1 heterocycles. The molecule has 1 aromatic heterocycles. The highest BCUT2D eigenvalue weighted by atomic mass is 32.2. The van der Waals surface area contributed by atoms with Crippen LogP contribution in [0.25, 0.3) is 5.69 Å². The Balaban J connectivity index is 1.80. The Kier molecular flexibility index (Phi) is 7.90. The summed E-state index contributed by atoms with van der Waals surface area (Å²) in [5.74, 6) is 1.60. The smallest absolute Gasteiger partial charge is 0.237 e. The molecule has 0 radical (unpaired) electrons. The van der Waals surface area contributed by atoms with E-state index in [4.69, 9.17) is 10.00 Å². The Hall–Kier alpha value is -3.31. The third-order valence-corrected chi connectivity index (χ3v) is 5.85. The molecule has 0 N–H and O–H groups in total. The molecule has 1 amide bonds. The van der Waals surface area contributed by atoms with Crippen molar-refractivity contribution in [3.05, 3.63) is 59.4 Å². The lowest BCUT2D eigenvalue weighted by molar-refractivity contribution is -0.116. The van der Waals surface area contributed by atoms with Crippen LogP contribution in [0, 0.1) is 32.1 Å². The molecule has 3 aromatic rings. The molecular formula is C24H27N5O2S. The molecule has 2 aromatic carbocycles. The van der Waals surface area contributed by atoms with Gasteiger partial charge in [0.2, 0.25) is 5.91 Å². The zero-order valence-corrected chi connectivity index (χ0v) is 19.6. The van der Waals surface area contributed by atoms with Crippen molar-refractivity contribution in [2.45, 2.75) is 39.3 Å². The Morgan fingerprint density at radius 3 is 2.59 bits per heavy atom. The molecule has 7 nitrogen and oxygen atoms in total. The first-order chi connectivity index (χ1) is 15.4. The summed E-state index contributed by atoms with van der Waals surface area (Å²) in [6.07, 6.45) is 0.251. The molecule has 0 saturated carbocycles. The summed E-state index contributed by atoms with van der Waals surface area (Å²) in [7, 11) is 0. The van der Waals surface area contributed by atoms with Crippen LogP contribution in [0.4, 0.5) is 5.69 Å². The van der Waals surface area contributed by atoms with E-state index in [2.05, 4.69) is 34.5 Å². The fraction of sp³-hybridized carbons (Fsp3) is 0.333. The molecule has 0 saturated heterocycles. The number of benzene rings is 2. The van der Waals surface area contributed by atoms with E-state index >= 15 is 0 Å². The first kappa shape index (κ1) is 23.4. The summed E-state index contributed by atoms with van der Waals surface area (Å²) in [5.41, 5.74) is 4.00. The maximum atomic E-state index is 13.1. The highest BCUT2D eigenvalue weighted by Crippen LogP contribution is 2.26. The monoisotopic (exact) mass is 449 g/mol. The van der Waals surface area contributed by atoms with Crippen molar-refractivity contribution in [1.29, 1.82) is 5.26 Å². The van der Waals surface area contributed by atoms with E-state index in [0.29, 0.717) is 18.3 Å². The van der Waals surface area contributed by atoms with Crippen LogP contribution < -0.4 is 9.64 Å². The number of hydrogen-bond acceptors (Lipinski definition) is 6. The summed E-state index contributed by atoms with van der Waals surface area (Å²) in [5, 5.41) is 18.2. The summed E-state index contributed by atoms with van der Waals surface area (Å²) < 4.78 is 7.47. The van der Waals surface area contributed by atoms with Gasteiger partial charge in [0.15, 0.2) is 5.16 Å². The first-order valence-electron chi connectivity index (χ1n) is 10.5. The van der Waals surface area contributed by atoms with Crippen LogP contribution in [0.3, 0.4) is 0 Å². The average molecular weight is 450 g/mol. The number of nitriles is 1. The zero-order chi connectivity index (χ0) is 23.1. The van der Waals surface area contributed by atoms with Crippen LogP contribution in [-0.2, 0) is 4.79 Å². The number of nitrogens with zero attached hydrogens (tertiary/aromatic N) is 5. The Bertz CT molecular complexity index is 1120. The van der Waals surface area contributed by atoms with Crippen molar-refractivity contribution in [3.63, 3.8) is 0 Å². The van der Waals surface area contributed by atoms with E-state index in [0.717, 1.165) is 34.1 Å². The molecule has 0 unspecified atom stereocenters. The van der Waals surface area contributed by atoms with Gasteiger partial charge >= 0.3 is 0 Å². The highest BCUT2D eigenvalue weighted by molar-refractivity contribution is 7.99. The van der Waals surface area contributed by atoms with Gasteiger partial charge in [-0.05, 0) is 69.2 Å². The molecule has 0 fully saturated rings. The molecule has 0 aliphatic rings. The summed E-state index contributed by atoms with van der Waals surface area (Å²) in [4.78, 5) is 14.8. The van der Waals surface area contributed by atoms with Crippen molar-refractivity contribution in [1.82, 2.24) is 14.8 Å². The van der Waals surface area contributed by atoms with E-state index in [1.54, 1.807) is 4.90 Å². The van der Waals surface area contributed by atoms with Gasteiger partial charge in [-0.2, -0.15) is 5.26 Å². The lowest BCUT2D eigenvalue weighted by atomic mass is 10.1. The fourth-order valence-corrected chi connectivity index (χ4v) is 4.19. The van der Waals surface area contributed by atoms with Crippen molar-refractivity contribution in [2.24, 2.45) is 0 Å². The zero-order valence-electron chi connectivity index (χ0n) is 18.8. The number of aryl methyl sites for hydroxylation is 3. The SMILES string of the molecule is CCOc1ccc(N(CCC#N)C(=O)CSc2nnc(C)n2-c2cc(C)ccc2C)cc1. The molecule has 0 atom stereocenters. The number of rotatable bonds is 9. The van der Waals surface area contributed by atoms with E-state index in [9.17, 15) is 4.79 Å². The van der Waals surface area contributed by atoms with Crippen LogP contribution >= 0.6 is 11.8 Å². The minimum atomic E-state index is -0.0948. The average Bonchev–Trinajstić information content (AvgIpc) is 3.15. The number of anilines is 1. The van der Waals surface area contributed by atoms with Gasteiger partial charge in [-0.15, -0.1) is 10.2 Å². The van der Waals surface area contributed by atoms with Crippen LogP contribution in [0.15, 0.2) is 47.6 Å². The van der Waals surface area contributed by atoms with Gasteiger partial charge in [-0.3, -0.25) is 9.36 Å². The second kappa shape index (κ2) is 10.8. The van der Waals surface area contributed by atoms with Gasteiger partial charge in [-0.1, -0.05) is 23.9 Å². The van der Waals surface area contributed by atoms with Gasteiger partial charge in [0.1, 0.15) is 11.6 Å². The van der Waals surface area contributed by atoms with Gasteiger partial charge in [0, 0.05) is 12.2 Å². The van der Waals surface area contributed by atoms with Gasteiger partial charge in [-0.25, -0.2) is 0 Å².